The maximum absolute atomic E-state index is 11.6. The van der Waals surface area contributed by atoms with Crippen LogP contribution in [0.25, 0.3) is 0 Å². The molecule has 1 heterocycles. The SMILES string of the molecule is Cc1nnc(NC(=O)COc2cc(C(=O)O)ccc2C)o1. The molecule has 2 rings (SSSR count). The molecule has 0 bridgehead atoms. The fourth-order valence-corrected chi connectivity index (χ4v) is 1.53. The van der Waals surface area contributed by atoms with Crippen LogP contribution in [0.3, 0.4) is 0 Å². The molecule has 1 aromatic heterocycles. The lowest BCUT2D eigenvalue weighted by Gasteiger charge is -2.09. The molecule has 2 N–H and O–H groups in total. The van der Waals surface area contributed by atoms with Gasteiger partial charge in [-0.3, -0.25) is 10.1 Å². The Morgan fingerprint density at radius 3 is 2.71 bits per heavy atom. The fraction of sp³-hybridized carbons (Fsp3) is 0.231. The third kappa shape index (κ3) is 3.78. The first-order valence-electron chi connectivity index (χ1n) is 6.02. The number of aromatic carboxylic acids is 1. The van der Waals surface area contributed by atoms with E-state index in [0.29, 0.717) is 11.6 Å². The van der Waals surface area contributed by atoms with E-state index >= 15 is 0 Å². The fourth-order valence-electron chi connectivity index (χ4n) is 1.53. The normalized spacial score (nSPS) is 10.2. The van der Waals surface area contributed by atoms with Crippen LogP contribution < -0.4 is 10.1 Å². The first-order valence-corrected chi connectivity index (χ1v) is 6.02. The Labute approximate surface area is 119 Å². The molecule has 0 saturated carbocycles. The topological polar surface area (TPSA) is 115 Å². The zero-order chi connectivity index (χ0) is 15.4. The van der Waals surface area contributed by atoms with Crippen LogP contribution in [-0.4, -0.2) is 33.8 Å². The number of aryl methyl sites for hydroxylation is 2. The molecule has 2 aromatic rings. The highest BCUT2D eigenvalue weighted by Gasteiger charge is 2.11. The maximum atomic E-state index is 11.6. The van der Waals surface area contributed by atoms with Crippen LogP contribution in [0.5, 0.6) is 5.75 Å². The molecule has 0 aliphatic rings. The second-order valence-electron chi connectivity index (χ2n) is 4.25. The van der Waals surface area contributed by atoms with Crippen LogP contribution >= 0.6 is 0 Å². The third-order valence-corrected chi connectivity index (χ3v) is 2.57. The van der Waals surface area contributed by atoms with Crippen molar-refractivity contribution in [3.05, 3.63) is 35.2 Å². The van der Waals surface area contributed by atoms with Crippen LogP contribution in [0, 0.1) is 13.8 Å². The van der Waals surface area contributed by atoms with E-state index in [1.807, 2.05) is 0 Å². The van der Waals surface area contributed by atoms with Crippen molar-refractivity contribution in [1.82, 2.24) is 10.2 Å². The predicted molar refractivity (Wildman–Crippen MR) is 71.3 cm³/mol. The lowest BCUT2D eigenvalue weighted by Crippen LogP contribution is -2.20. The number of nitrogens with zero attached hydrogens (tertiary/aromatic N) is 2. The number of amides is 1. The van der Waals surface area contributed by atoms with E-state index in [4.69, 9.17) is 14.3 Å². The average Bonchev–Trinajstić information content (AvgIpc) is 2.82. The van der Waals surface area contributed by atoms with Gasteiger partial charge in [0.05, 0.1) is 5.56 Å². The summed E-state index contributed by atoms with van der Waals surface area (Å²) in [5.74, 6) is -0.896. The third-order valence-electron chi connectivity index (χ3n) is 2.57. The molecule has 0 unspecified atom stereocenters. The number of carbonyl (C=O) groups excluding carboxylic acids is 1. The van der Waals surface area contributed by atoms with E-state index < -0.39 is 11.9 Å². The highest BCUT2D eigenvalue weighted by Crippen LogP contribution is 2.19. The van der Waals surface area contributed by atoms with E-state index in [0.717, 1.165) is 5.56 Å². The van der Waals surface area contributed by atoms with Crippen LogP contribution in [-0.2, 0) is 4.79 Å². The standard InChI is InChI=1S/C13H13N3O5/c1-7-3-4-9(12(18)19)5-10(7)20-6-11(17)14-13-16-15-8(2)21-13/h3-5H,6H2,1-2H3,(H,18,19)(H,14,16,17). The van der Waals surface area contributed by atoms with Gasteiger partial charge in [-0.15, -0.1) is 5.10 Å². The first-order chi connectivity index (χ1) is 9.95. The van der Waals surface area contributed by atoms with Crippen molar-refractivity contribution in [2.75, 3.05) is 11.9 Å². The van der Waals surface area contributed by atoms with Crippen molar-refractivity contribution in [2.45, 2.75) is 13.8 Å². The summed E-state index contributed by atoms with van der Waals surface area (Å²) in [6, 6.07) is 4.42. The molecule has 0 radical (unpaired) electrons. The Kier molecular flexibility index (Phi) is 4.17. The van der Waals surface area contributed by atoms with Gasteiger partial charge >= 0.3 is 12.0 Å². The zero-order valence-electron chi connectivity index (χ0n) is 11.4. The van der Waals surface area contributed by atoms with Gasteiger partial charge in [-0.1, -0.05) is 11.2 Å². The van der Waals surface area contributed by atoms with Crippen molar-refractivity contribution in [2.24, 2.45) is 0 Å². The number of hydrogen-bond acceptors (Lipinski definition) is 6. The van der Waals surface area contributed by atoms with Gasteiger partial charge < -0.3 is 14.3 Å². The number of rotatable bonds is 5. The van der Waals surface area contributed by atoms with Gasteiger partial charge in [-0.2, -0.15) is 0 Å². The van der Waals surface area contributed by atoms with Crippen molar-refractivity contribution in [3.8, 4) is 5.75 Å². The minimum Gasteiger partial charge on any atom is -0.483 e. The number of nitrogens with one attached hydrogen (secondary N) is 1. The highest BCUT2D eigenvalue weighted by atomic mass is 16.5. The number of benzene rings is 1. The van der Waals surface area contributed by atoms with Crippen LogP contribution in [0.4, 0.5) is 6.01 Å². The van der Waals surface area contributed by atoms with Crippen molar-refractivity contribution >= 4 is 17.9 Å². The van der Waals surface area contributed by atoms with E-state index in [-0.39, 0.29) is 18.2 Å². The molecule has 0 saturated heterocycles. The lowest BCUT2D eigenvalue weighted by molar-refractivity contribution is -0.118. The summed E-state index contributed by atoms with van der Waals surface area (Å²) in [5, 5.41) is 18.5. The molecule has 0 spiro atoms. The van der Waals surface area contributed by atoms with E-state index in [1.165, 1.54) is 12.1 Å². The van der Waals surface area contributed by atoms with Gasteiger partial charge in [-0.25, -0.2) is 4.79 Å². The predicted octanol–water partition coefficient (Wildman–Crippen LogP) is 1.40. The Morgan fingerprint density at radius 2 is 2.10 bits per heavy atom. The van der Waals surface area contributed by atoms with Gasteiger partial charge in [0, 0.05) is 6.92 Å². The van der Waals surface area contributed by atoms with E-state index in [1.54, 1.807) is 19.9 Å². The number of anilines is 1. The molecule has 8 nitrogen and oxygen atoms in total. The van der Waals surface area contributed by atoms with Gasteiger partial charge in [-0.05, 0) is 24.6 Å². The van der Waals surface area contributed by atoms with Gasteiger partial charge in [0.15, 0.2) is 6.61 Å². The Bertz CT molecular complexity index is 680. The molecule has 0 aliphatic heterocycles. The highest BCUT2D eigenvalue weighted by molar-refractivity contribution is 5.90. The maximum Gasteiger partial charge on any atom is 0.335 e. The van der Waals surface area contributed by atoms with E-state index in [2.05, 4.69) is 15.5 Å². The molecule has 110 valence electrons. The summed E-state index contributed by atoms with van der Waals surface area (Å²) in [6.45, 7) is 3.05. The monoisotopic (exact) mass is 291 g/mol. The zero-order valence-corrected chi connectivity index (χ0v) is 11.4. The van der Waals surface area contributed by atoms with Crippen molar-refractivity contribution in [3.63, 3.8) is 0 Å². The van der Waals surface area contributed by atoms with Crippen LogP contribution in [0.15, 0.2) is 22.6 Å². The Balaban J connectivity index is 1.97. The van der Waals surface area contributed by atoms with Crippen LogP contribution in [0.1, 0.15) is 21.8 Å². The summed E-state index contributed by atoms with van der Waals surface area (Å²) in [4.78, 5) is 22.5. The number of carboxylic acids is 1. The Morgan fingerprint density at radius 1 is 1.33 bits per heavy atom. The smallest absolute Gasteiger partial charge is 0.335 e. The quantitative estimate of drug-likeness (QED) is 0.855. The molecule has 0 atom stereocenters. The minimum absolute atomic E-state index is 0.0166. The molecular formula is C13H13N3O5. The molecule has 1 aromatic carbocycles. The molecule has 8 heteroatoms. The second kappa shape index (κ2) is 6.04. The summed E-state index contributed by atoms with van der Waals surface area (Å²) < 4.78 is 10.3. The lowest BCUT2D eigenvalue weighted by atomic mass is 10.1. The molecule has 0 fully saturated rings. The number of aromatic nitrogens is 2. The molecule has 21 heavy (non-hydrogen) atoms. The first kappa shape index (κ1) is 14.5. The van der Waals surface area contributed by atoms with Gasteiger partial charge in [0.25, 0.3) is 5.91 Å². The molecule has 1 amide bonds. The summed E-state index contributed by atoms with van der Waals surface area (Å²) in [5.41, 5.74) is 0.810. The number of ether oxygens (including phenoxy) is 1. The second-order valence-corrected chi connectivity index (χ2v) is 4.25. The minimum atomic E-state index is -1.06. The van der Waals surface area contributed by atoms with Crippen LogP contribution in [0.2, 0.25) is 0 Å². The number of carbonyl (C=O) groups is 2. The summed E-state index contributed by atoms with van der Waals surface area (Å²) >= 11 is 0. The average molecular weight is 291 g/mol. The van der Waals surface area contributed by atoms with Crippen molar-refractivity contribution in [1.29, 1.82) is 0 Å². The molecular weight excluding hydrogens is 278 g/mol. The van der Waals surface area contributed by atoms with Crippen molar-refractivity contribution < 1.29 is 23.8 Å². The summed E-state index contributed by atoms with van der Waals surface area (Å²) in [6.07, 6.45) is 0. The largest absolute Gasteiger partial charge is 0.483 e. The van der Waals surface area contributed by atoms with Gasteiger partial charge in [0.2, 0.25) is 5.89 Å². The Hall–Kier alpha value is -2.90. The van der Waals surface area contributed by atoms with E-state index in [9.17, 15) is 9.59 Å². The number of hydrogen-bond donors (Lipinski definition) is 2. The summed E-state index contributed by atoms with van der Waals surface area (Å²) in [7, 11) is 0. The molecule has 0 aliphatic carbocycles. The van der Waals surface area contributed by atoms with Gasteiger partial charge in [0.1, 0.15) is 5.75 Å². The number of carboxylic acid groups (broad SMARTS) is 1.